The van der Waals surface area contributed by atoms with Crippen molar-refractivity contribution < 1.29 is 0 Å². The van der Waals surface area contributed by atoms with Crippen LogP contribution in [0.25, 0.3) is 10.9 Å². The molecular formula is C15H19ClN2. The molecule has 18 heavy (non-hydrogen) atoms. The summed E-state index contributed by atoms with van der Waals surface area (Å²) in [6.45, 7) is 0. The molecule has 1 saturated carbocycles. The molecule has 1 aromatic carbocycles. The van der Waals surface area contributed by atoms with Crippen molar-refractivity contribution >= 4 is 22.5 Å². The molecule has 0 radical (unpaired) electrons. The van der Waals surface area contributed by atoms with Crippen LogP contribution in [0.1, 0.15) is 24.8 Å². The van der Waals surface area contributed by atoms with Gasteiger partial charge in [-0.1, -0.05) is 24.1 Å². The van der Waals surface area contributed by atoms with Crippen LogP contribution in [-0.2, 0) is 6.42 Å². The summed E-state index contributed by atoms with van der Waals surface area (Å²) in [4.78, 5) is 3.33. The molecular weight excluding hydrogens is 244 g/mol. The highest BCUT2D eigenvalue weighted by Gasteiger charge is 2.26. The average molecular weight is 263 g/mol. The Kier molecular flexibility index (Phi) is 3.31. The van der Waals surface area contributed by atoms with Crippen molar-refractivity contribution in [3.63, 3.8) is 0 Å². The standard InChI is InChI=1S/C15H19ClN2/c1-17-14-4-2-3-10(14)7-11-9-18-15-8-12(16)5-6-13(11)15/h5-6,8-10,14,17-18H,2-4,7H2,1H3. The van der Waals surface area contributed by atoms with Gasteiger partial charge in [-0.2, -0.15) is 0 Å². The van der Waals surface area contributed by atoms with Crippen LogP contribution in [-0.4, -0.2) is 18.1 Å². The van der Waals surface area contributed by atoms with Gasteiger partial charge in [0.05, 0.1) is 0 Å². The summed E-state index contributed by atoms with van der Waals surface area (Å²) in [6.07, 6.45) is 7.31. The fourth-order valence-corrected chi connectivity index (χ4v) is 3.44. The van der Waals surface area contributed by atoms with Crippen LogP contribution in [0, 0.1) is 5.92 Å². The van der Waals surface area contributed by atoms with Crippen molar-refractivity contribution in [1.82, 2.24) is 10.3 Å². The summed E-state index contributed by atoms with van der Waals surface area (Å²) in [6, 6.07) is 6.80. The van der Waals surface area contributed by atoms with Gasteiger partial charge in [-0.15, -0.1) is 0 Å². The van der Waals surface area contributed by atoms with Gasteiger partial charge >= 0.3 is 0 Å². The second-order valence-electron chi connectivity index (χ2n) is 5.29. The lowest BCUT2D eigenvalue weighted by atomic mass is 9.94. The molecule has 0 spiro atoms. The molecule has 0 amide bonds. The molecule has 3 heteroatoms. The molecule has 2 N–H and O–H groups in total. The molecule has 0 bridgehead atoms. The summed E-state index contributed by atoms with van der Waals surface area (Å²) in [7, 11) is 2.08. The molecule has 2 aromatic rings. The molecule has 3 rings (SSSR count). The molecule has 2 nitrogen and oxygen atoms in total. The van der Waals surface area contributed by atoms with Crippen LogP contribution in [0.15, 0.2) is 24.4 Å². The van der Waals surface area contributed by atoms with Crippen LogP contribution in [0.5, 0.6) is 0 Å². The van der Waals surface area contributed by atoms with E-state index in [9.17, 15) is 0 Å². The largest absolute Gasteiger partial charge is 0.361 e. The average Bonchev–Trinajstić information content (AvgIpc) is 2.96. The van der Waals surface area contributed by atoms with E-state index in [4.69, 9.17) is 11.6 Å². The zero-order valence-electron chi connectivity index (χ0n) is 10.7. The van der Waals surface area contributed by atoms with E-state index < -0.39 is 0 Å². The van der Waals surface area contributed by atoms with Gasteiger partial charge in [-0.05, 0) is 49.9 Å². The minimum atomic E-state index is 0.683. The van der Waals surface area contributed by atoms with E-state index >= 15 is 0 Å². The number of hydrogen-bond donors (Lipinski definition) is 2. The van der Waals surface area contributed by atoms with Crippen LogP contribution in [0.3, 0.4) is 0 Å². The molecule has 2 unspecified atom stereocenters. The van der Waals surface area contributed by atoms with Crippen molar-refractivity contribution in [3.8, 4) is 0 Å². The Morgan fingerprint density at radius 2 is 2.28 bits per heavy atom. The first-order valence-corrected chi connectivity index (χ1v) is 7.08. The highest BCUT2D eigenvalue weighted by Crippen LogP contribution is 2.31. The number of benzene rings is 1. The van der Waals surface area contributed by atoms with Crippen molar-refractivity contribution in [3.05, 3.63) is 35.0 Å². The molecule has 0 saturated heterocycles. The van der Waals surface area contributed by atoms with Crippen LogP contribution < -0.4 is 5.32 Å². The first-order chi connectivity index (χ1) is 8.78. The fraction of sp³-hybridized carbons (Fsp3) is 0.467. The van der Waals surface area contributed by atoms with Crippen molar-refractivity contribution in [2.75, 3.05) is 7.05 Å². The van der Waals surface area contributed by atoms with E-state index in [0.29, 0.717) is 6.04 Å². The normalized spacial score (nSPS) is 23.9. The van der Waals surface area contributed by atoms with Crippen LogP contribution in [0.2, 0.25) is 5.02 Å². The smallest absolute Gasteiger partial charge is 0.0471 e. The number of H-pyrrole nitrogens is 1. The number of halogens is 1. The maximum atomic E-state index is 6.01. The quantitative estimate of drug-likeness (QED) is 0.866. The number of nitrogens with one attached hydrogen (secondary N) is 2. The monoisotopic (exact) mass is 262 g/mol. The number of fused-ring (bicyclic) bond motifs is 1. The van der Waals surface area contributed by atoms with Crippen molar-refractivity contribution in [2.24, 2.45) is 5.92 Å². The molecule has 1 aliphatic carbocycles. The van der Waals surface area contributed by atoms with Gasteiger partial charge in [0.2, 0.25) is 0 Å². The topological polar surface area (TPSA) is 27.8 Å². The Bertz CT molecular complexity index is 546. The van der Waals surface area contributed by atoms with Gasteiger partial charge < -0.3 is 10.3 Å². The maximum absolute atomic E-state index is 6.01. The van der Waals surface area contributed by atoms with E-state index in [0.717, 1.165) is 22.9 Å². The molecule has 1 aliphatic rings. The third-order valence-corrected chi connectivity index (χ3v) is 4.48. The minimum absolute atomic E-state index is 0.683. The number of aromatic amines is 1. The van der Waals surface area contributed by atoms with Crippen LogP contribution in [0.4, 0.5) is 0 Å². The Morgan fingerprint density at radius 1 is 1.39 bits per heavy atom. The second kappa shape index (κ2) is 4.94. The predicted molar refractivity (Wildman–Crippen MR) is 77.2 cm³/mol. The fourth-order valence-electron chi connectivity index (χ4n) is 3.27. The molecule has 1 aromatic heterocycles. The predicted octanol–water partition coefficient (Wildman–Crippen LogP) is 3.75. The second-order valence-corrected chi connectivity index (χ2v) is 5.73. The van der Waals surface area contributed by atoms with E-state index in [-0.39, 0.29) is 0 Å². The summed E-state index contributed by atoms with van der Waals surface area (Å²) in [5.41, 5.74) is 2.57. The van der Waals surface area contributed by atoms with Crippen molar-refractivity contribution in [1.29, 1.82) is 0 Å². The maximum Gasteiger partial charge on any atom is 0.0471 e. The lowest BCUT2D eigenvalue weighted by molar-refractivity contribution is 0.424. The van der Waals surface area contributed by atoms with Gasteiger partial charge in [-0.3, -0.25) is 0 Å². The summed E-state index contributed by atoms with van der Waals surface area (Å²) in [5.74, 6) is 0.768. The Balaban J connectivity index is 1.86. The number of rotatable bonds is 3. The zero-order valence-corrected chi connectivity index (χ0v) is 11.4. The molecule has 1 fully saturated rings. The lowest BCUT2D eigenvalue weighted by Gasteiger charge is -2.18. The lowest BCUT2D eigenvalue weighted by Crippen LogP contribution is -2.29. The first-order valence-electron chi connectivity index (χ1n) is 6.70. The Morgan fingerprint density at radius 3 is 3.11 bits per heavy atom. The summed E-state index contributed by atoms with van der Waals surface area (Å²) >= 11 is 6.01. The van der Waals surface area contributed by atoms with E-state index in [1.807, 2.05) is 12.1 Å². The number of aromatic nitrogens is 1. The van der Waals surface area contributed by atoms with Crippen molar-refractivity contribution in [2.45, 2.75) is 31.7 Å². The third-order valence-electron chi connectivity index (χ3n) is 4.24. The van der Waals surface area contributed by atoms with Crippen LogP contribution >= 0.6 is 11.6 Å². The zero-order chi connectivity index (χ0) is 12.5. The van der Waals surface area contributed by atoms with Gasteiger partial charge in [0.15, 0.2) is 0 Å². The Hall–Kier alpha value is -0.990. The van der Waals surface area contributed by atoms with Gasteiger partial charge in [-0.25, -0.2) is 0 Å². The first kappa shape index (κ1) is 12.1. The highest BCUT2D eigenvalue weighted by molar-refractivity contribution is 6.31. The van der Waals surface area contributed by atoms with E-state index in [1.165, 1.54) is 30.2 Å². The van der Waals surface area contributed by atoms with Gasteiger partial charge in [0, 0.05) is 28.2 Å². The molecule has 2 atom stereocenters. The molecule has 96 valence electrons. The van der Waals surface area contributed by atoms with E-state index in [2.05, 4.69) is 29.6 Å². The summed E-state index contributed by atoms with van der Waals surface area (Å²) in [5, 5.41) is 5.57. The molecule has 0 aliphatic heterocycles. The highest BCUT2D eigenvalue weighted by atomic mass is 35.5. The summed E-state index contributed by atoms with van der Waals surface area (Å²) < 4.78 is 0. The molecule has 1 heterocycles. The third kappa shape index (κ3) is 2.15. The minimum Gasteiger partial charge on any atom is -0.361 e. The SMILES string of the molecule is CNC1CCCC1Cc1c[nH]c2cc(Cl)ccc12. The van der Waals surface area contributed by atoms with Gasteiger partial charge in [0.25, 0.3) is 0 Å². The number of hydrogen-bond acceptors (Lipinski definition) is 1. The van der Waals surface area contributed by atoms with Gasteiger partial charge in [0.1, 0.15) is 0 Å². The van der Waals surface area contributed by atoms with E-state index in [1.54, 1.807) is 0 Å². The Labute approximate surface area is 113 Å².